The van der Waals surface area contributed by atoms with Gasteiger partial charge in [0.2, 0.25) is 17.7 Å². The largest absolute Gasteiger partial charge is 0.481 e. The summed E-state index contributed by atoms with van der Waals surface area (Å²) in [5.74, 6) is -8.91. The summed E-state index contributed by atoms with van der Waals surface area (Å²) in [6.07, 6.45) is 1.64. The van der Waals surface area contributed by atoms with Crippen molar-refractivity contribution >= 4 is 70.3 Å². The first-order valence-corrected chi connectivity index (χ1v) is 24.8. The fourth-order valence-electron chi connectivity index (χ4n) is 9.16. The van der Waals surface area contributed by atoms with Crippen molar-refractivity contribution in [2.75, 3.05) is 85.1 Å². The first-order chi connectivity index (χ1) is 35.2. The second-order valence-electron chi connectivity index (χ2n) is 18.8. The average Bonchev–Trinajstić information content (AvgIpc) is 3.33. The van der Waals surface area contributed by atoms with E-state index < -0.39 is 84.6 Å². The molecule has 74 heavy (non-hydrogen) atoms. The Bertz CT molecular complexity index is 2250. The molecule has 1 saturated carbocycles. The minimum atomic E-state index is -1.56. The van der Waals surface area contributed by atoms with E-state index in [1.54, 1.807) is 19.7 Å². The Hall–Kier alpha value is -6.96. The van der Waals surface area contributed by atoms with Crippen LogP contribution in [0, 0.1) is 11.8 Å². The quantitative estimate of drug-likeness (QED) is 0.0565. The van der Waals surface area contributed by atoms with E-state index in [1.807, 2.05) is 47.5 Å². The first kappa shape index (κ1) is 59.6. The van der Waals surface area contributed by atoms with E-state index in [4.69, 9.17) is 5.11 Å². The Morgan fingerprint density at radius 3 is 1.61 bits per heavy atom. The van der Waals surface area contributed by atoms with Gasteiger partial charge in [-0.2, -0.15) is 0 Å². The zero-order valence-corrected chi connectivity index (χ0v) is 41.7. The Labute approximate surface area is 428 Å². The van der Waals surface area contributed by atoms with Crippen LogP contribution in [-0.2, 0) is 49.6 Å². The number of aliphatic carboxylic acids is 6. The number of rotatable bonds is 26. The highest BCUT2D eigenvalue weighted by Crippen LogP contribution is 2.30. The van der Waals surface area contributed by atoms with Gasteiger partial charge in [-0.05, 0) is 73.6 Å². The fourth-order valence-corrected chi connectivity index (χ4v) is 9.16. The smallest absolute Gasteiger partial charge is 0.326 e. The lowest BCUT2D eigenvalue weighted by Crippen LogP contribution is -2.55. The topological polar surface area (TPSA) is 356 Å². The summed E-state index contributed by atoms with van der Waals surface area (Å²) in [7, 11) is 0. The van der Waals surface area contributed by atoms with Gasteiger partial charge in [0.15, 0.2) is 0 Å². The lowest BCUT2D eigenvalue weighted by molar-refractivity contribution is -0.151. The number of benzene rings is 2. The molecule has 1 aliphatic heterocycles. The third-order valence-corrected chi connectivity index (χ3v) is 13.2. The number of amides is 5. The van der Waals surface area contributed by atoms with Crippen molar-refractivity contribution in [3.8, 4) is 0 Å². The van der Waals surface area contributed by atoms with Gasteiger partial charge < -0.3 is 51.9 Å². The summed E-state index contributed by atoms with van der Waals surface area (Å²) in [5.41, 5.74) is 0.790. The number of hydrazine groups is 1. The van der Waals surface area contributed by atoms with Crippen LogP contribution in [0.25, 0.3) is 10.8 Å². The van der Waals surface area contributed by atoms with Gasteiger partial charge in [0.1, 0.15) is 18.1 Å². The van der Waals surface area contributed by atoms with Crippen molar-refractivity contribution in [1.29, 1.82) is 0 Å². The molecule has 3 unspecified atom stereocenters. The molecule has 2 aliphatic rings. The third kappa shape index (κ3) is 21.2. The molecule has 2 aromatic carbocycles. The number of nitrogens with one attached hydrogen (secondary N) is 4. The third-order valence-electron chi connectivity index (χ3n) is 13.2. The standard InChI is InChI=1S/C49H71N9O16/c1-32(59)58(57-24-22-55(30-43(64)65)20-18-54(29-42(62)63)19-21-56(23-25-57)31-44(66)67)28-33-9-13-36(14-10-33)45(68)51-40(27-34-11-12-35-6-2-3-7-37(35)26-34)46(69)50-17-5-4-8-38(47(70)71)52-49(74)53-39(48(72)73)15-16-41(60)61/h2-3,6-7,11-12,26,33,36,38-40H,4-5,8-10,13-25,27-31H2,1H3,(H,50,69)(H,51,68)(H,60,61)(H,62,63)(H,64,65)(H,66,67)(H,70,71)(H,72,73)(H2,52,53,74). The molecule has 0 radical (unpaired) electrons. The minimum absolute atomic E-state index is 0.0355. The predicted molar refractivity (Wildman–Crippen MR) is 264 cm³/mol. The molecule has 0 aromatic heterocycles. The normalized spacial score (nSPS) is 18.8. The maximum Gasteiger partial charge on any atom is 0.326 e. The number of carbonyl (C=O) groups excluding carboxylic acids is 4. The van der Waals surface area contributed by atoms with Crippen LogP contribution in [0.1, 0.15) is 70.3 Å². The van der Waals surface area contributed by atoms with E-state index >= 15 is 0 Å². The van der Waals surface area contributed by atoms with Crippen molar-refractivity contribution in [3.05, 3.63) is 48.0 Å². The molecule has 1 saturated heterocycles. The molecule has 1 aliphatic carbocycles. The van der Waals surface area contributed by atoms with Gasteiger partial charge in [-0.15, -0.1) is 0 Å². The molecule has 2 aromatic rings. The number of unbranched alkanes of at least 4 members (excludes halogenated alkanes) is 1. The van der Waals surface area contributed by atoms with Gasteiger partial charge in [-0.3, -0.25) is 53.3 Å². The first-order valence-electron chi connectivity index (χ1n) is 24.8. The van der Waals surface area contributed by atoms with Gasteiger partial charge in [-0.1, -0.05) is 42.5 Å². The highest BCUT2D eigenvalue weighted by atomic mass is 16.4. The predicted octanol–water partition coefficient (Wildman–Crippen LogP) is 0.269. The number of hydrogen-bond donors (Lipinski definition) is 10. The maximum atomic E-state index is 14.0. The molecule has 2 fully saturated rings. The molecule has 1 heterocycles. The lowest BCUT2D eigenvalue weighted by atomic mass is 9.81. The molecule has 0 spiro atoms. The number of hydrogen-bond acceptors (Lipinski definition) is 14. The number of nitrogens with zero attached hydrogens (tertiary/aromatic N) is 5. The van der Waals surface area contributed by atoms with Gasteiger partial charge in [-0.25, -0.2) is 19.4 Å². The van der Waals surface area contributed by atoms with E-state index in [0.29, 0.717) is 25.7 Å². The van der Waals surface area contributed by atoms with Crippen molar-refractivity contribution in [2.24, 2.45) is 11.8 Å². The second kappa shape index (κ2) is 30.3. The lowest BCUT2D eigenvalue weighted by Gasteiger charge is -2.40. The molecule has 10 N–H and O–H groups in total. The molecular weight excluding hydrogens is 971 g/mol. The fraction of sp³-hybridized carbons (Fsp3) is 0.592. The SMILES string of the molecule is CC(=O)N(CC1CCC(C(=O)NC(Cc2ccc3ccccc3c2)C(=O)NCCCCC(NC(=O)NC(CCC(=O)O)C(=O)O)C(=O)O)CC1)N1CCN(CC(=O)O)CCN(CC(=O)O)CCN(CC(=O)O)CC1. The summed E-state index contributed by atoms with van der Waals surface area (Å²) >= 11 is 0. The van der Waals surface area contributed by atoms with Crippen molar-refractivity contribution in [2.45, 2.75) is 89.3 Å². The summed E-state index contributed by atoms with van der Waals surface area (Å²) in [6, 6.07) is 8.36. The van der Waals surface area contributed by atoms with Crippen LogP contribution >= 0.6 is 0 Å². The second-order valence-corrected chi connectivity index (χ2v) is 18.8. The molecule has 0 bridgehead atoms. The number of carbonyl (C=O) groups is 10. The van der Waals surface area contributed by atoms with E-state index in [9.17, 15) is 73.5 Å². The van der Waals surface area contributed by atoms with Gasteiger partial charge >= 0.3 is 41.8 Å². The van der Waals surface area contributed by atoms with Crippen molar-refractivity contribution in [1.82, 2.24) is 46.0 Å². The van der Waals surface area contributed by atoms with Crippen LogP contribution in [0.15, 0.2) is 42.5 Å². The van der Waals surface area contributed by atoms with Crippen LogP contribution in [-0.4, -0.2) is 218 Å². The van der Waals surface area contributed by atoms with Crippen LogP contribution in [0.3, 0.4) is 0 Å². The Morgan fingerprint density at radius 2 is 1.11 bits per heavy atom. The molecule has 408 valence electrons. The van der Waals surface area contributed by atoms with E-state index in [2.05, 4.69) is 21.3 Å². The van der Waals surface area contributed by atoms with Crippen molar-refractivity contribution < 1.29 is 78.6 Å². The Kier molecular flexibility index (Phi) is 24.4. The number of carboxylic acid groups (broad SMARTS) is 6. The molecule has 5 amide bonds. The number of fused-ring (bicyclic) bond motifs is 1. The molecule has 25 nitrogen and oxygen atoms in total. The highest BCUT2D eigenvalue weighted by Gasteiger charge is 2.33. The van der Waals surface area contributed by atoms with Gasteiger partial charge in [0, 0.05) is 91.1 Å². The van der Waals surface area contributed by atoms with Crippen molar-refractivity contribution in [3.63, 3.8) is 0 Å². The average molecular weight is 1040 g/mol. The van der Waals surface area contributed by atoms with Crippen LogP contribution in [0.2, 0.25) is 0 Å². The Morgan fingerprint density at radius 1 is 0.595 bits per heavy atom. The Balaban J connectivity index is 1.39. The van der Waals surface area contributed by atoms with Gasteiger partial charge in [0.05, 0.1) is 19.6 Å². The monoisotopic (exact) mass is 1040 g/mol. The summed E-state index contributed by atoms with van der Waals surface area (Å²) in [5, 5.41) is 72.1. The highest BCUT2D eigenvalue weighted by molar-refractivity contribution is 5.89. The molecular formula is C49H71N9O16. The van der Waals surface area contributed by atoms with E-state index in [-0.39, 0.29) is 128 Å². The van der Waals surface area contributed by atoms with Crippen LogP contribution in [0.4, 0.5) is 4.79 Å². The van der Waals surface area contributed by atoms with E-state index in [1.165, 1.54) is 6.92 Å². The summed E-state index contributed by atoms with van der Waals surface area (Å²) in [4.78, 5) is 128. The number of urea groups is 1. The zero-order chi connectivity index (χ0) is 54.3. The minimum Gasteiger partial charge on any atom is -0.481 e. The molecule has 4 rings (SSSR count). The van der Waals surface area contributed by atoms with E-state index in [0.717, 1.165) is 16.3 Å². The maximum absolute atomic E-state index is 14.0. The van der Waals surface area contributed by atoms with Crippen LogP contribution in [0.5, 0.6) is 0 Å². The summed E-state index contributed by atoms with van der Waals surface area (Å²) in [6.45, 7) is 2.66. The van der Waals surface area contributed by atoms with Gasteiger partial charge in [0.25, 0.3) is 0 Å². The number of carboxylic acids is 6. The molecule has 3 atom stereocenters. The summed E-state index contributed by atoms with van der Waals surface area (Å²) < 4.78 is 0. The molecule has 25 heteroatoms. The van der Waals surface area contributed by atoms with Crippen LogP contribution < -0.4 is 21.3 Å². The zero-order valence-electron chi connectivity index (χ0n) is 41.7.